The van der Waals surface area contributed by atoms with Crippen molar-refractivity contribution in [2.75, 3.05) is 17.7 Å². The van der Waals surface area contributed by atoms with Crippen molar-refractivity contribution < 1.29 is 4.79 Å². The Balaban J connectivity index is 2.09. The van der Waals surface area contributed by atoms with Gasteiger partial charge >= 0.3 is 0 Å². The predicted molar refractivity (Wildman–Crippen MR) is 63.9 cm³/mol. The number of rotatable bonds is 3. The van der Waals surface area contributed by atoms with Crippen LogP contribution in [-0.4, -0.2) is 22.9 Å². The minimum Gasteiger partial charge on any atom is -0.372 e. The van der Waals surface area contributed by atoms with Crippen molar-refractivity contribution in [1.29, 1.82) is 0 Å². The van der Waals surface area contributed by atoms with Gasteiger partial charge in [-0.15, -0.1) is 0 Å². The van der Waals surface area contributed by atoms with Gasteiger partial charge in [-0.1, -0.05) is 0 Å². The Labute approximate surface area is 96.6 Å². The standard InChI is InChI=1S/C10H10N4OS/c1-11-9-5-12-8(4-13-9)10(15)14-7-2-3-16-6-7/h2-6H,1H3,(H,11,13)(H,14,15). The fourth-order valence-corrected chi connectivity index (χ4v) is 1.69. The predicted octanol–water partition coefficient (Wildman–Crippen LogP) is 1.83. The van der Waals surface area contributed by atoms with E-state index in [1.54, 1.807) is 7.05 Å². The summed E-state index contributed by atoms with van der Waals surface area (Å²) in [5.41, 5.74) is 1.07. The molecule has 0 bridgehead atoms. The zero-order valence-electron chi connectivity index (χ0n) is 8.60. The lowest BCUT2D eigenvalue weighted by Crippen LogP contribution is -2.13. The van der Waals surface area contributed by atoms with E-state index in [4.69, 9.17) is 0 Å². The summed E-state index contributed by atoms with van der Waals surface area (Å²) in [6, 6.07) is 1.83. The summed E-state index contributed by atoms with van der Waals surface area (Å²) in [7, 11) is 1.75. The maximum atomic E-state index is 11.7. The molecule has 2 aromatic heterocycles. The Morgan fingerprint density at radius 1 is 1.38 bits per heavy atom. The number of carbonyl (C=O) groups excluding carboxylic acids is 1. The molecule has 2 heterocycles. The molecule has 0 spiro atoms. The van der Waals surface area contributed by atoms with Crippen LogP contribution >= 0.6 is 11.3 Å². The van der Waals surface area contributed by atoms with Crippen LogP contribution in [0.5, 0.6) is 0 Å². The van der Waals surface area contributed by atoms with Crippen molar-refractivity contribution >= 4 is 28.7 Å². The Hall–Kier alpha value is -1.95. The molecule has 0 radical (unpaired) electrons. The summed E-state index contributed by atoms with van der Waals surface area (Å²) in [4.78, 5) is 19.7. The van der Waals surface area contributed by atoms with Crippen LogP contribution in [0.15, 0.2) is 29.2 Å². The van der Waals surface area contributed by atoms with Crippen molar-refractivity contribution in [2.45, 2.75) is 0 Å². The number of thiophene rings is 1. The second kappa shape index (κ2) is 4.71. The maximum Gasteiger partial charge on any atom is 0.275 e. The van der Waals surface area contributed by atoms with E-state index < -0.39 is 0 Å². The molecule has 82 valence electrons. The summed E-state index contributed by atoms with van der Waals surface area (Å²) >= 11 is 1.52. The van der Waals surface area contributed by atoms with Gasteiger partial charge in [0.2, 0.25) is 0 Å². The monoisotopic (exact) mass is 234 g/mol. The average molecular weight is 234 g/mol. The molecule has 0 fully saturated rings. The first-order chi connectivity index (χ1) is 7.79. The summed E-state index contributed by atoms with van der Waals surface area (Å²) in [5, 5.41) is 9.31. The molecule has 0 saturated carbocycles. The number of carbonyl (C=O) groups is 1. The zero-order chi connectivity index (χ0) is 11.4. The normalized spacial score (nSPS) is 9.81. The molecular weight excluding hydrogens is 224 g/mol. The molecule has 0 aliphatic carbocycles. The number of amides is 1. The largest absolute Gasteiger partial charge is 0.372 e. The van der Waals surface area contributed by atoms with Gasteiger partial charge in [0.05, 0.1) is 18.1 Å². The molecule has 2 aromatic rings. The Morgan fingerprint density at radius 2 is 2.25 bits per heavy atom. The van der Waals surface area contributed by atoms with Gasteiger partial charge in [-0.25, -0.2) is 9.97 Å². The van der Waals surface area contributed by atoms with Gasteiger partial charge in [0.1, 0.15) is 11.5 Å². The van der Waals surface area contributed by atoms with E-state index in [-0.39, 0.29) is 5.91 Å². The van der Waals surface area contributed by atoms with E-state index in [1.165, 1.54) is 23.7 Å². The van der Waals surface area contributed by atoms with E-state index in [2.05, 4.69) is 20.6 Å². The van der Waals surface area contributed by atoms with Gasteiger partial charge in [-0.3, -0.25) is 4.79 Å². The van der Waals surface area contributed by atoms with E-state index in [0.717, 1.165) is 5.69 Å². The fourth-order valence-electron chi connectivity index (χ4n) is 1.11. The number of hydrogen-bond donors (Lipinski definition) is 2. The highest BCUT2D eigenvalue weighted by molar-refractivity contribution is 7.08. The highest BCUT2D eigenvalue weighted by Crippen LogP contribution is 2.12. The molecule has 1 amide bonds. The third-order valence-electron chi connectivity index (χ3n) is 1.92. The molecule has 2 rings (SSSR count). The molecule has 5 nitrogen and oxygen atoms in total. The first kappa shape index (κ1) is 10.6. The van der Waals surface area contributed by atoms with E-state index in [1.807, 2.05) is 16.8 Å². The lowest BCUT2D eigenvalue weighted by atomic mass is 10.4. The van der Waals surface area contributed by atoms with Crippen LogP contribution in [0, 0.1) is 0 Å². The third kappa shape index (κ3) is 2.34. The fraction of sp³-hybridized carbons (Fsp3) is 0.100. The molecule has 0 aromatic carbocycles. The van der Waals surface area contributed by atoms with Crippen LogP contribution in [-0.2, 0) is 0 Å². The number of hydrogen-bond acceptors (Lipinski definition) is 5. The van der Waals surface area contributed by atoms with E-state index in [0.29, 0.717) is 11.5 Å². The second-order valence-electron chi connectivity index (χ2n) is 3.00. The number of aromatic nitrogens is 2. The van der Waals surface area contributed by atoms with Crippen molar-refractivity contribution in [3.8, 4) is 0 Å². The topological polar surface area (TPSA) is 66.9 Å². The van der Waals surface area contributed by atoms with Crippen LogP contribution in [0.2, 0.25) is 0 Å². The SMILES string of the molecule is CNc1cnc(C(=O)Nc2ccsc2)cn1. The lowest BCUT2D eigenvalue weighted by Gasteiger charge is -2.02. The molecule has 0 aliphatic heterocycles. The van der Waals surface area contributed by atoms with Gasteiger partial charge < -0.3 is 10.6 Å². The quantitative estimate of drug-likeness (QED) is 0.850. The number of nitrogens with zero attached hydrogens (tertiary/aromatic N) is 2. The summed E-state index contributed by atoms with van der Waals surface area (Å²) < 4.78 is 0. The van der Waals surface area contributed by atoms with Crippen LogP contribution in [0.1, 0.15) is 10.5 Å². The van der Waals surface area contributed by atoms with E-state index in [9.17, 15) is 4.79 Å². The number of nitrogens with one attached hydrogen (secondary N) is 2. The van der Waals surface area contributed by atoms with Crippen LogP contribution in [0.25, 0.3) is 0 Å². The van der Waals surface area contributed by atoms with Crippen molar-refractivity contribution in [3.05, 3.63) is 34.9 Å². The zero-order valence-corrected chi connectivity index (χ0v) is 9.41. The molecule has 0 atom stereocenters. The minimum absolute atomic E-state index is 0.256. The highest BCUT2D eigenvalue weighted by Gasteiger charge is 2.08. The molecule has 0 unspecified atom stereocenters. The molecule has 0 saturated heterocycles. The first-order valence-electron chi connectivity index (χ1n) is 4.63. The van der Waals surface area contributed by atoms with Crippen molar-refractivity contribution in [3.63, 3.8) is 0 Å². The van der Waals surface area contributed by atoms with Crippen LogP contribution < -0.4 is 10.6 Å². The van der Waals surface area contributed by atoms with Gasteiger partial charge in [-0.05, 0) is 11.4 Å². The molecule has 6 heteroatoms. The van der Waals surface area contributed by atoms with Gasteiger partial charge in [0.15, 0.2) is 0 Å². The molecule has 2 N–H and O–H groups in total. The Bertz CT molecular complexity index is 466. The summed E-state index contributed by atoms with van der Waals surface area (Å²) in [6.45, 7) is 0. The van der Waals surface area contributed by atoms with Crippen LogP contribution in [0.3, 0.4) is 0 Å². The van der Waals surface area contributed by atoms with Gasteiger partial charge in [0, 0.05) is 12.4 Å². The molecular formula is C10H10N4OS. The summed E-state index contributed by atoms with van der Waals surface area (Å²) in [6.07, 6.45) is 2.95. The summed E-state index contributed by atoms with van der Waals surface area (Å²) in [5.74, 6) is 0.376. The van der Waals surface area contributed by atoms with E-state index >= 15 is 0 Å². The second-order valence-corrected chi connectivity index (χ2v) is 3.78. The number of anilines is 2. The average Bonchev–Trinajstić information content (AvgIpc) is 2.82. The lowest BCUT2D eigenvalue weighted by molar-refractivity contribution is 0.102. The van der Waals surface area contributed by atoms with Gasteiger partial charge in [-0.2, -0.15) is 11.3 Å². The highest BCUT2D eigenvalue weighted by atomic mass is 32.1. The minimum atomic E-state index is -0.256. The van der Waals surface area contributed by atoms with Crippen molar-refractivity contribution in [2.24, 2.45) is 0 Å². The third-order valence-corrected chi connectivity index (χ3v) is 2.60. The molecule has 0 aliphatic rings. The Morgan fingerprint density at radius 3 is 2.81 bits per heavy atom. The van der Waals surface area contributed by atoms with Crippen LogP contribution in [0.4, 0.5) is 11.5 Å². The first-order valence-corrected chi connectivity index (χ1v) is 5.57. The van der Waals surface area contributed by atoms with Crippen molar-refractivity contribution in [1.82, 2.24) is 9.97 Å². The van der Waals surface area contributed by atoms with Gasteiger partial charge in [0.25, 0.3) is 5.91 Å². The maximum absolute atomic E-state index is 11.7. The molecule has 16 heavy (non-hydrogen) atoms. The smallest absolute Gasteiger partial charge is 0.275 e. The Kier molecular flexibility index (Phi) is 3.11.